The summed E-state index contributed by atoms with van der Waals surface area (Å²) in [4.78, 5) is 10.7. The van der Waals surface area contributed by atoms with Crippen molar-refractivity contribution >= 4 is 5.97 Å². The summed E-state index contributed by atoms with van der Waals surface area (Å²) in [6.45, 7) is 6.02. The Morgan fingerprint density at radius 2 is 1.80 bits per heavy atom. The maximum Gasteiger partial charge on any atom is 0.303 e. The largest absolute Gasteiger partial charge is 0.481 e. The fraction of sp³-hybridized carbons (Fsp3) is 0.462. The van der Waals surface area contributed by atoms with Crippen LogP contribution in [-0.2, 0) is 11.2 Å². The standard InChI is InChI=1S/C13H18O2/c1-10-4-6-11(7-5-10)8-13(2,3)9-12(14)15/h4-7H,8-9H2,1-3H3,(H,14,15). The van der Waals surface area contributed by atoms with Gasteiger partial charge < -0.3 is 5.11 Å². The fourth-order valence-electron chi connectivity index (χ4n) is 1.73. The third-order valence-electron chi connectivity index (χ3n) is 2.43. The van der Waals surface area contributed by atoms with Gasteiger partial charge in [-0.2, -0.15) is 0 Å². The second kappa shape index (κ2) is 4.47. The molecule has 0 amide bonds. The topological polar surface area (TPSA) is 37.3 Å². The molecule has 0 heterocycles. The molecule has 15 heavy (non-hydrogen) atoms. The molecule has 0 aromatic heterocycles. The van der Waals surface area contributed by atoms with Crippen LogP contribution in [0.2, 0.25) is 0 Å². The number of aryl methyl sites for hydroxylation is 1. The highest BCUT2D eigenvalue weighted by Crippen LogP contribution is 2.25. The van der Waals surface area contributed by atoms with Crippen molar-refractivity contribution in [1.29, 1.82) is 0 Å². The Kier molecular flexibility index (Phi) is 3.51. The lowest BCUT2D eigenvalue weighted by Gasteiger charge is -2.22. The number of carboxylic acid groups (broad SMARTS) is 1. The predicted octanol–water partition coefficient (Wildman–Crippen LogP) is 3.04. The predicted molar refractivity (Wildman–Crippen MR) is 60.9 cm³/mol. The van der Waals surface area contributed by atoms with E-state index in [2.05, 4.69) is 24.3 Å². The molecule has 0 aliphatic carbocycles. The summed E-state index contributed by atoms with van der Waals surface area (Å²) in [6, 6.07) is 8.26. The third kappa shape index (κ3) is 4.15. The fourth-order valence-corrected chi connectivity index (χ4v) is 1.73. The molecule has 0 spiro atoms. The van der Waals surface area contributed by atoms with Crippen molar-refractivity contribution in [2.45, 2.75) is 33.6 Å². The minimum Gasteiger partial charge on any atom is -0.481 e. The van der Waals surface area contributed by atoms with Gasteiger partial charge in [-0.15, -0.1) is 0 Å². The highest BCUT2D eigenvalue weighted by Gasteiger charge is 2.21. The maximum absolute atomic E-state index is 10.7. The molecule has 2 nitrogen and oxygen atoms in total. The van der Waals surface area contributed by atoms with E-state index in [0.29, 0.717) is 0 Å². The molecule has 0 aliphatic heterocycles. The Hall–Kier alpha value is -1.31. The summed E-state index contributed by atoms with van der Waals surface area (Å²) in [5.41, 5.74) is 2.25. The highest BCUT2D eigenvalue weighted by molar-refractivity contribution is 5.67. The lowest BCUT2D eigenvalue weighted by atomic mass is 9.82. The Bertz CT molecular complexity index is 336. The summed E-state index contributed by atoms with van der Waals surface area (Å²) >= 11 is 0. The molecule has 1 N–H and O–H groups in total. The number of hydrogen-bond donors (Lipinski definition) is 1. The van der Waals surface area contributed by atoms with E-state index in [1.165, 1.54) is 11.1 Å². The van der Waals surface area contributed by atoms with E-state index >= 15 is 0 Å². The molecule has 1 aromatic rings. The Balaban J connectivity index is 2.68. The third-order valence-corrected chi connectivity index (χ3v) is 2.43. The van der Waals surface area contributed by atoms with Crippen LogP contribution in [-0.4, -0.2) is 11.1 Å². The summed E-state index contributed by atoms with van der Waals surface area (Å²) in [6.07, 6.45) is 1.01. The van der Waals surface area contributed by atoms with Gasteiger partial charge in [0.2, 0.25) is 0 Å². The van der Waals surface area contributed by atoms with Crippen molar-refractivity contribution in [2.75, 3.05) is 0 Å². The van der Waals surface area contributed by atoms with Crippen LogP contribution in [0.1, 0.15) is 31.4 Å². The first kappa shape index (κ1) is 11.8. The average molecular weight is 206 g/mol. The van der Waals surface area contributed by atoms with Crippen LogP contribution in [0.5, 0.6) is 0 Å². The van der Waals surface area contributed by atoms with Crippen LogP contribution in [0.15, 0.2) is 24.3 Å². The lowest BCUT2D eigenvalue weighted by molar-refractivity contribution is -0.139. The molecule has 0 bridgehead atoms. The van der Waals surface area contributed by atoms with E-state index in [4.69, 9.17) is 5.11 Å². The second-order valence-electron chi connectivity index (χ2n) is 4.90. The first-order valence-corrected chi connectivity index (χ1v) is 5.16. The zero-order valence-corrected chi connectivity index (χ0v) is 9.58. The van der Waals surface area contributed by atoms with Crippen LogP contribution in [0, 0.1) is 12.3 Å². The smallest absolute Gasteiger partial charge is 0.303 e. The molecule has 0 aliphatic rings. The van der Waals surface area contributed by atoms with E-state index in [1.54, 1.807) is 0 Å². The molecular formula is C13H18O2. The molecule has 0 fully saturated rings. The first-order valence-electron chi connectivity index (χ1n) is 5.16. The van der Waals surface area contributed by atoms with Gasteiger partial charge in [-0.05, 0) is 24.3 Å². The van der Waals surface area contributed by atoms with Crippen molar-refractivity contribution in [1.82, 2.24) is 0 Å². The van der Waals surface area contributed by atoms with E-state index in [0.717, 1.165) is 6.42 Å². The van der Waals surface area contributed by atoms with Gasteiger partial charge in [-0.3, -0.25) is 4.79 Å². The molecule has 0 saturated carbocycles. The minimum absolute atomic E-state index is 0.179. The van der Waals surface area contributed by atoms with Gasteiger partial charge in [0.25, 0.3) is 0 Å². The Labute approximate surface area is 90.9 Å². The van der Waals surface area contributed by atoms with Crippen LogP contribution in [0.3, 0.4) is 0 Å². The van der Waals surface area contributed by atoms with E-state index in [-0.39, 0.29) is 11.8 Å². The van der Waals surface area contributed by atoms with Crippen LogP contribution < -0.4 is 0 Å². The van der Waals surface area contributed by atoms with Crippen LogP contribution in [0.4, 0.5) is 0 Å². The van der Waals surface area contributed by atoms with Gasteiger partial charge in [-0.1, -0.05) is 43.7 Å². The molecule has 2 heteroatoms. The van der Waals surface area contributed by atoms with E-state index in [9.17, 15) is 4.79 Å². The number of rotatable bonds is 4. The van der Waals surface area contributed by atoms with E-state index in [1.807, 2.05) is 20.8 Å². The zero-order valence-electron chi connectivity index (χ0n) is 9.58. The zero-order chi connectivity index (χ0) is 11.5. The SMILES string of the molecule is Cc1ccc(CC(C)(C)CC(=O)O)cc1. The number of carbonyl (C=O) groups is 1. The van der Waals surface area contributed by atoms with Gasteiger partial charge in [0.15, 0.2) is 0 Å². The van der Waals surface area contributed by atoms with Crippen molar-refractivity contribution in [3.63, 3.8) is 0 Å². The van der Waals surface area contributed by atoms with Gasteiger partial charge in [0.05, 0.1) is 6.42 Å². The van der Waals surface area contributed by atoms with Gasteiger partial charge in [0.1, 0.15) is 0 Å². The summed E-state index contributed by atoms with van der Waals surface area (Å²) < 4.78 is 0. The van der Waals surface area contributed by atoms with Gasteiger partial charge in [0, 0.05) is 0 Å². The van der Waals surface area contributed by atoms with Gasteiger partial charge >= 0.3 is 5.97 Å². The molecule has 0 saturated heterocycles. The monoisotopic (exact) mass is 206 g/mol. The second-order valence-corrected chi connectivity index (χ2v) is 4.90. The molecule has 0 radical (unpaired) electrons. The highest BCUT2D eigenvalue weighted by atomic mass is 16.4. The molecule has 1 rings (SSSR count). The molecule has 82 valence electrons. The molecule has 1 aromatic carbocycles. The van der Waals surface area contributed by atoms with Crippen LogP contribution >= 0.6 is 0 Å². The molecule has 0 atom stereocenters. The minimum atomic E-state index is -0.730. The summed E-state index contributed by atoms with van der Waals surface area (Å²) in [7, 11) is 0. The number of hydrogen-bond acceptors (Lipinski definition) is 1. The van der Waals surface area contributed by atoms with Crippen LogP contribution in [0.25, 0.3) is 0 Å². The maximum atomic E-state index is 10.7. The quantitative estimate of drug-likeness (QED) is 0.822. The summed E-state index contributed by atoms with van der Waals surface area (Å²) in [5.74, 6) is -0.730. The Morgan fingerprint density at radius 1 is 1.27 bits per heavy atom. The first-order chi connectivity index (χ1) is 6.89. The van der Waals surface area contributed by atoms with Crippen molar-refractivity contribution in [3.05, 3.63) is 35.4 Å². The van der Waals surface area contributed by atoms with E-state index < -0.39 is 5.97 Å². The number of carboxylic acids is 1. The van der Waals surface area contributed by atoms with Crippen molar-refractivity contribution < 1.29 is 9.90 Å². The molecular weight excluding hydrogens is 188 g/mol. The number of benzene rings is 1. The average Bonchev–Trinajstić information content (AvgIpc) is 2.06. The molecule has 0 unspecified atom stereocenters. The normalized spacial score (nSPS) is 11.4. The van der Waals surface area contributed by atoms with Crippen molar-refractivity contribution in [2.24, 2.45) is 5.41 Å². The lowest BCUT2D eigenvalue weighted by Crippen LogP contribution is -2.19. The summed E-state index contributed by atoms with van der Waals surface area (Å²) in [5, 5.41) is 8.77. The van der Waals surface area contributed by atoms with Crippen molar-refractivity contribution in [3.8, 4) is 0 Å². The Morgan fingerprint density at radius 3 is 2.27 bits per heavy atom. The number of aliphatic carboxylic acids is 1. The van der Waals surface area contributed by atoms with Gasteiger partial charge in [-0.25, -0.2) is 0 Å².